The minimum atomic E-state index is 0.535. The standard InChI is InChI=1S/C13H19BrN2/c1-13(2)6-3-10(4-7-13)16-12-5-8-15-9-11(12)14/h5,8-10H,3-4,6-7H2,1-2H3,(H,15,16). The number of aromatic nitrogens is 1. The van der Waals surface area contributed by atoms with Gasteiger partial charge in [-0.25, -0.2) is 0 Å². The zero-order valence-corrected chi connectivity index (χ0v) is 11.5. The third-order valence-electron chi connectivity index (χ3n) is 3.47. The van der Waals surface area contributed by atoms with E-state index in [1.807, 2.05) is 18.5 Å². The van der Waals surface area contributed by atoms with Gasteiger partial charge in [-0.05, 0) is 53.1 Å². The lowest BCUT2D eigenvalue weighted by Crippen LogP contribution is -2.29. The van der Waals surface area contributed by atoms with Gasteiger partial charge in [-0.15, -0.1) is 0 Å². The van der Waals surface area contributed by atoms with Crippen molar-refractivity contribution in [2.45, 2.75) is 45.6 Å². The topological polar surface area (TPSA) is 24.9 Å². The van der Waals surface area contributed by atoms with Gasteiger partial charge in [-0.2, -0.15) is 0 Å². The van der Waals surface area contributed by atoms with Crippen LogP contribution in [0.4, 0.5) is 5.69 Å². The highest BCUT2D eigenvalue weighted by Crippen LogP contribution is 2.36. The van der Waals surface area contributed by atoms with Gasteiger partial charge < -0.3 is 5.32 Å². The summed E-state index contributed by atoms with van der Waals surface area (Å²) in [6.45, 7) is 4.73. The number of nitrogens with zero attached hydrogens (tertiary/aromatic N) is 1. The van der Waals surface area contributed by atoms with Gasteiger partial charge in [0.1, 0.15) is 0 Å². The number of halogens is 1. The van der Waals surface area contributed by atoms with Gasteiger partial charge in [0.15, 0.2) is 0 Å². The molecule has 0 aromatic carbocycles. The summed E-state index contributed by atoms with van der Waals surface area (Å²) >= 11 is 3.52. The minimum Gasteiger partial charge on any atom is -0.381 e. The van der Waals surface area contributed by atoms with Crippen LogP contribution in [0.1, 0.15) is 39.5 Å². The molecule has 1 aromatic heterocycles. The highest BCUT2D eigenvalue weighted by Gasteiger charge is 2.26. The Morgan fingerprint density at radius 2 is 2.06 bits per heavy atom. The Hall–Kier alpha value is -0.570. The van der Waals surface area contributed by atoms with E-state index in [-0.39, 0.29) is 0 Å². The summed E-state index contributed by atoms with van der Waals surface area (Å²) in [5, 5.41) is 3.60. The smallest absolute Gasteiger partial charge is 0.0590 e. The predicted molar refractivity (Wildman–Crippen MR) is 71.6 cm³/mol. The van der Waals surface area contributed by atoms with Crippen LogP contribution in [0.2, 0.25) is 0 Å². The summed E-state index contributed by atoms with van der Waals surface area (Å²) in [6, 6.07) is 2.65. The second kappa shape index (κ2) is 4.74. The predicted octanol–water partition coefficient (Wildman–Crippen LogP) is 4.22. The molecule has 0 saturated heterocycles. The summed E-state index contributed by atoms with van der Waals surface area (Å²) in [6.07, 6.45) is 8.83. The van der Waals surface area contributed by atoms with Crippen molar-refractivity contribution in [2.75, 3.05) is 5.32 Å². The molecule has 3 heteroatoms. The zero-order chi connectivity index (χ0) is 11.6. The first-order chi connectivity index (χ1) is 7.57. The van der Waals surface area contributed by atoms with Crippen LogP contribution in [0.15, 0.2) is 22.9 Å². The number of anilines is 1. The summed E-state index contributed by atoms with van der Waals surface area (Å²) in [5.74, 6) is 0. The van der Waals surface area contributed by atoms with E-state index in [0.717, 1.165) is 4.47 Å². The molecule has 1 aliphatic rings. The van der Waals surface area contributed by atoms with Crippen LogP contribution in [0.5, 0.6) is 0 Å². The Morgan fingerprint density at radius 1 is 1.38 bits per heavy atom. The molecule has 16 heavy (non-hydrogen) atoms. The van der Waals surface area contributed by atoms with Gasteiger partial charge in [-0.3, -0.25) is 4.98 Å². The van der Waals surface area contributed by atoms with Gasteiger partial charge in [0.05, 0.1) is 10.2 Å². The maximum absolute atomic E-state index is 4.07. The van der Waals surface area contributed by atoms with Crippen molar-refractivity contribution in [1.29, 1.82) is 0 Å². The quantitative estimate of drug-likeness (QED) is 0.878. The molecule has 1 heterocycles. The van der Waals surface area contributed by atoms with Crippen LogP contribution >= 0.6 is 15.9 Å². The van der Waals surface area contributed by atoms with Crippen LogP contribution in [-0.2, 0) is 0 Å². The lowest BCUT2D eigenvalue weighted by Gasteiger charge is -2.35. The first kappa shape index (κ1) is 11.9. The van der Waals surface area contributed by atoms with Crippen molar-refractivity contribution < 1.29 is 0 Å². The Kier molecular flexibility index (Phi) is 3.53. The Morgan fingerprint density at radius 3 is 2.69 bits per heavy atom. The van der Waals surface area contributed by atoms with Gasteiger partial charge >= 0.3 is 0 Å². The number of hydrogen-bond acceptors (Lipinski definition) is 2. The molecular formula is C13H19BrN2. The fourth-order valence-corrected chi connectivity index (χ4v) is 2.62. The van der Waals surface area contributed by atoms with E-state index in [1.165, 1.54) is 31.4 Å². The highest BCUT2D eigenvalue weighted by molar-refractivity contribution is 9.10. The van der Waals surface area contributed by atoms with Crippen LogP contribution in [-0.4, -0.2) is 11.0 Å². The van der Waals surface area contributed by atoms with Gasteiger partial charge in [0.25, 0.3) is 0 Å². The summed E-state index contributed by atoms with van der Waals surface area (Å²) in [5.41, 5.74) is 1.70. The Balaban J connectivity index is 1.95. The second-order valence-electron chi connectivity index (χ2n) is 5.44. The SMILES string of the molecule is CC1(C)CCC(Nc2ccncc2Br)CC1. The lowest BCUT2D eigenvalue weighted by molar-refractivity contribution is 0.232. The molecule has 0 spiro atoms. The van der Waals surface area contributed by atoms with Gasteiger partial charge in [0, 0.05) is 18.4 Å². The highest BCUT2D eigenvalue weighted by atomic mass is 79.9. The molecule has 0 radical (unpaired) electrons. The Labute approximate surface area is 106 Å². The second-order valence-corrected chi connectivity index (χ2v) is 6.29. The molecule has 1 N–H and O–H groups in total. The molecule has 2 rings (SSSR count). The van der Waals surface area contributed by atoms with E-state index < -0.39 is 0 Å². The normalized spacial score (nSPS) is 20.7. The summed E-state index contributed by atoms with van der Waals surface area (Å²) < 4.78 is 1.06. The van der Waals surface area contributed by atoms with E-state index in [4.69, 9.17) is 0 Å². The third-order valence-corrected chi connectivity index (χ3v) is 4.10. The molecule has 1 fully saturated rings. The van der Waals surface area contributed by atoms with E-state index >= 15 is 0 Å². The first-order valence-corrected chi connectivity index (χ1v) is 6.72. The van der Waals surface area contributed by atoms with E-state index in [0.29, 0.717) is 11.5 Å². The zero-order valence-electron chi connectivity index (χ0n) is 9.96. The van der Waals surface area contributed by atoms with Crippen molar-refractivity contribution >= 4 is 21.6 Å². The molecule has 0 amide bonds. The van der Waals surface area contributed by atoms with Crippen molar-refractivity contribution in [3.63, 3.8) is 0 Å². The summed E-state index contributed by atoms with van der Waals surface area (Å²) in [7, 11) is 0. The van der Waals surface area contributed by atoms with Gasteiger partial charge in [0.2, 0.25) is 0 Å². The lowest BCUT2D eigenvalue weighted by atomic mass is 9.75. The molecule has 0 bridgehead atoms. The van der Waals surface area contributed by atoms with Crippen LogP contribution in [0.25, 0.3) is 0 Å². The Bertz CT molecular complexity index is 353. The molecule has 0 aliphatic heterocycles. The number of pyridine rings is 1. The molecule has 0 atom stereocenters. The van der Waals surface area contributed by atoms with Gasteiger partial charge in [-0.1, -0.05) is 13.8 Å². The average Bonchev–Trinajstić information content (AvgIpc) is 2.24. The number of hydrogen-bond donors (Lipinski definition) is 1. The van der Waals surface area contributed by atoms with Crippen molar-refractivity contribution in [3.05, 3.63) is 22.9 Å². The molecular weight excluding hydrogens is 264 g/mol. The third kappa shape index (κ3) is 2.97. The maximum atomic E-state index is 4.07. The molecule has 0 unspecified atom stereocenters. The van der Waals surface area contributed by atoms with Crippen LogP contribution in [0, 0.1) is 5.41 Å². The summed E-state index contributed by atoms with van der Waals surface area (Å²) in [4.78, 5) is 4.07. The monoisotopic (exact) mass is 282 g/mol. The van der Waals surface area contributed by atoms with Crippen LogP contribution in [0.3, 0.4) is 0 Å². The van der Waals surface area contributed by atoms with Crippen LogP contribution < -0.4 is 5.32 Å². The van der Waals surface area contributed by atoms with E-state index in [2.05, 4.69) is 40.1 Å². The number of rotatable bonds is 2. The van der Waals surface area contributed by atoms with E-state index in [9.17, 15) is 0 Å². The number of nitrogens with one attached hydrogen (secondary N) is 1. The molecule has 1 saturated carbocycles. The molecule has 1 aromatic rings. The average molecular weight is 283 g/mol. The molecule has 2 nitrogen and oxygen atoms in total. The largest absolute Gasteiger partial charge is 0.381 e. The van der Waals surface area contributed by atoms with E-state index in [1.54, 1.807) is 0 Å². The van der Waals surface area contributed by atoms with Crippen molar-refractivity contribution in [3.8, 4) is 0 Å². The molecule has 88 valence electrons. The van der Waals surface area contributed by atoms with Crippen molar-refractivity contribution in [1.82, 2.24) is 4.98 Å². The fraction of sp³-hybridized carbons (Fsp3) is 0.615. The van der Waals surface area contributed by atoms with Crippen molar-refractivity contribution in [2.24, 2.45) is 5.41 Å². The first-order valence-electron chi connectivity index (χ1n) is 5.93. The fourth-order valence-electron chi connectivity index (χ4n) is 2.26. The molecule has 1 aliphatic carbocycles. The maximum Gasteiger partial charge on any atom is 0.0590 e. The minimum absolute atomic E-state index is 0.535.